The van der Waals surface area contributed by atoms with Crippen LogP contribution in [0.4, 0.5) is 0 Å². The Morgan fingerprint density at radius 3 is 2.33 bits per heavy atom. The molecule has 0 unspecified atom stereocenters. The third-order valence-corrected chi connectivity index (χ3v) is 2.74. The van der Waals surface area contributed by atoms with Gasteiger partial charge in [0.15, 0.2) is 19.9 Å². The molecule has 0 radical (unpaired) electrons. The Balaban J connectivity index is 3.23. The van der Waals surface area contributed by atoms with Crippen LogP contribution < -0.4 is 9.47 Å². The summed E-state index contributed by atoms with van der Waals surface area (Å²) in [6, 6.07) is 3.41. The highest BCUT2D eigenvalue weighted by Gasteiger charge is 2.15. The van der Waals surface area contributed by atoms with Crippen molar-refractivity contribution in [3.63, 3.8) is 0 Å². The van der Waals surface area contributed by atoms with E-state index >= 15 is 0 Å². The first-order valence-electron chi connectivity index (χ1n) is 6.61. The van der Waals surface area contributed by atoms with Gasteiger partial charge in [-0.1, -0.05) is 11.6 Å². The van der Waals surface area contributed by atoms with Crippen molar-refractivity contribution in [1.82, 2.24) is 0 Å². The molecule has 0 saturated carbocycles. The summed E-state index contributed by atoms with van der Waals surface area (Å²) in [5.74, 6) is 1.11. The zero-order valence-electron chi connectivity index (χ0n) is 13.0. The standard InChI is InChI=1S/C16H22O5/c1-12(2)5-7-14-15(20-10-18-3)8-6-13(9-17)16(14)21-11-19-4/h5-6,8-9H,7,10-11H2,1-4H3. The highest BCUT2D eigenvalue weighted by atomic mass is 16.7. The molecule has 1 aromatic carbocycles. The molecule has 0 atom stereocenters. The lowest BCUT2D eigenvalue weighted by molar-refractivity contribution is 0.0445. The number of hydrogen-bond acceptors (Lipinski definition) is 5. The summed E-state index contributed by atoms with van der Waals surface area (Å²) in [6.07, 6.45) is 3.41. The van der Waals surface area contributed by atoms with Crippen molar-refractivity contribution in [3.05, 3.63) is 34.9 Å². The second-order valence-corrected chi connectivity index (χ2v) is 4.67. The van der Waals surface area contributed by atoms with E-state index in [1.807, 2.05) is 19.9 Å². The van der Waals surface area contributed by atoms with Gasteiger partial charge in [0.1, 0.15) is 11.5 Å². The lowest BCUT2D eigenvalue weighted by atomic mass is 10.0. The largest absolute Gasteiger partial charge is 0.467 e. The lowest BCUT2D eigenvalue weighted by Gasteiger charge is -2.16. The van der Waals surface area contributed by atoms with Crippen LogP contribution in [0.3, 0.4) is 0 Å². The topological polar surface area (TPSA) is 54.0 Å². The first-order valence-corrected chi connectivity index (χ1v) is 6.61. The minimum atomic E-state index is 0.0659. The number of hydrogen-bond donors (Lipinski definition) is 0. The number of methoxy groups -OCH3 is 2. The summed E-state index contributed by atoms with van der Waals surface area (Å²) < 4.78 is 21.0. The second kappa shape index (κ2) is 9.15. The highest BCUT2D eigenvalue weighted by molar-refractivity contribution is 5.81. The Morgan fingerprint density at radius 2 is 1.76 bits per heavy atom. The quantitative estimate of drug-likeness (QED) is 0.398. The van der Waals surface area contributed by atoms with Gasteiger partial charge in [0.2, 0.25) is 0 Å². The summed E-state index contributed by atoms with van der Waals surface area (Å²) >= 11 is 0. The van der Waals surface area contributed by atoms with E-state index in [0.717, 1.165) is 11.8 Å². The van der Waals surface area contributed by atoms with Gasteiger partial charge in [-0.25, -0.2) is 0 Å². The number of aldehydes is 1. The monoisotopic (exact) mass is 294 g/mol. The van der Waals surface area contributed by atoms with Crippen molar-refractivity contribution in [2.45, 2.75) is 20.3 Å². The van der Waals surface area contributed by atoms with Crippen LogP contribution in [0.5, 0.6) is 11.5 Å². The second-order valence-electron chi connectivity index (χ2n) is 4.67. The molecule has 0 fully saturated rings. The minimum Gasteiger partial charge on any atom is -0.467 e. The first kappa shape index (κ1) is 17.2. The van der Waals surface area contributed by atoms with Gasteiger partial charge in [-0.2, -0.15) is 0 Å². The van der Waals surface area contributed by atoms with Crippen LogP contribution >= 0.6 is 0 Å². The molecule has 0 aliphatic carbocycles. The molecule has 0 bridgehead atoms. The van der Waals surface area contributed by atoms with Gasteiger partial charge < -0.3 is 18.9 Å². The van der Waals surface area contributed by atoms with Gasteiger partial charge in [0.25, 0.3) is 0 Å². The Morgan fingerprint density at radius 1 is 1.10 bits per heavy atom. The van der Waals surface area contributed by atoms with Crippen LogP contribution in [0.25, 0.3) is 0 Å². The molecule has 21 heavy (non-hydrogen) atoms. The van der Waals surface area contributed by atoms with Gasteiger partial charge in [-0.15, -0.1) is 0 Å². The maximum Gasteiger partial charge on any atom is 0.188 e. The third-order valence-electron chi connectivity index (χ3n) is 2.74. The molecule has 116 valence electrons. The Bertz CT molecular complexity index is 490. The van der Waals surface area contributed by atoms with Crippen molar-refractivity contribution in [1.29, 1.82) is 0 Å². The van der Waals surface area contributed by atoms with E-state index in [1.54, 1.807) is 19.2 Å². The maximum absolute atomic E-state index is 11.2. The van der Waals surface area contributed by atoms with E-state index in [-0.39, 0.29) is 13.6 Å². The molecule has 5 nitrogen and oxygen atoms in total. The Kier molecular flexibility index (Phi) is 7.50. The van der Waals surface area contributed by atoms with Crippen LogP contribution in [0.2, 0.25) is 0 Å². The molecule has 0 aliphatic heterocycles. The number of benzene rings is 1. The fraction of sp³-hybridized carbons (Fsp3) is 0.438. The van der Waals surface area contributed by atoms with E-state index in [2.05, 4.69) is 0 Å². The fourth-order valence-electron chi connectivity index (χ4n) is 1.77. The molecular formula is C16H22O5. The zero-order chi connectivity index (χ0) is 15.7. The summed E-state index contributed by atoms with van der Waals surface area (Å²) in [6.45, 7) is 4.21. The molecule has 1 rings (SSSR count). The number of allylic oxidation sites excluding steroid dienone is 2. The average Bonchev–Trinajstić information content (AvgIpc) is 2.48. The van der Waals surface area contributed by atoms with Gasteiger partial charge in [0.05, 0.1) is 5.56 Å². The molecule has 0 spiro atoms. The van der Waals surface area contributed by atoms with E-state index in [9.17, 15) is 4.79 Å². The van der Waals surface area contributed by atoms with Crippen molar-refractivity contribution < 1.29 is 23.7 Å². The normalized spacial score (nSPS) is 10.1. The van der Waals surface area contributed by atoms with Crippen LogP contribution in [0, 0.1) is 0 Å². The first-order chi connectivity index (χ1) is 10.1. The van der Waals surface area contributed by atoms with E-state index in [4.69, 9.17) is 18.9 Å². The summed E-state index contributed by atoms with van der Waals surface area (Å²) in [7, 11) is 3.08. The Hall–Kier alpha value is -1.85. The molecule has 0 saturated heterocycles. The van der Waals surface area contributed by atoms with Crippen molar-refractivity contribution in [2.75, 3.05) is 27.8 Å². The van der Waals surface area contributed by atoms with Gasteiger partial charge in [0, 0.05) is 19.8 Å². The SMILES string of the molecule is COCOc1ccc(C=O)c(OCOC)c1CC=C(C)C. The highest BCUT2D eigenvalue weighted by Crippen LogP contribution is 2.33. The zero-order valence-corrected chi connectivity index (χ0v) is 13.0. The van der Waals surface area contributed by atoms with Gasteiger partial charge in [-0.05, 0) is 32.4 Å². The molecule has 0 heterocycles. The fourth-order valence-corrected chi connectivity index (χ4v) is 1.77. The van der Waals surface area contributed by atoms with E-state index < -0.39 is 0 Å². The summed E-state index contributed by atoms with van der Waals surface area (Å²) in [5, 5.41) is 0. The van der Waals surface area contributed by atoms with Crippen LogP contribution in [-0.4, -0.2) is 34.1 Å². The predicted octanol–water partition coefficient (Wildman–Crippen LogP) is 2.97. The van der Waals surface area contributed by atoms with Gasteiger partial charge in [-0.3, -0.25) is 4.79 Å². The summed E-state index contributed by atoms with van der Waals surface area (Å²) in [5.41, 5.74) is 2.44. The number of rotatable bonds is 9. The molecule has 0 N–H and O–H groups in total. The van der Waals surface area contributed by atoms with Crippen LogP contribution in [-0.2, 0) is 15.9 Å². The molecule has 0 aromatic heterocycles. The van der Waals surface area contributed by atoms with Crippen molar-refractivity contribution >= 4 is 6.29 Å². The van der Waals surface area contributed by atoms with Crippen LogP contribution in [0.15, 0.2) is 23.8 Å². The lowest BCUT2D eigenvalue weighted by Crippen LogP contribution is -2.08. The van der Waals surface area contributed by atoms with Crippen molar-refractivity contribution in [2.24, 2.45) is 0 Å². The molecule has 5 heteroatoms. The molecular weight excluding hydrogens is 272 g/mol. The number of ether oxygens (including phenoxy) is 4. The van der Waals surface area contributed by atoms with E-state index in [1.165, 1.54) is 12.7 Å². The predicted molar refractivity (Wildman–Crippen MR) is 80.0 cm³/mol. The molecule has 1 aromatic rings. The number of carbonyl (C=O) groups excluding carboxylic acids is 1. The van der Waals surface area contributed by atoms with Crippen molar-refractivity contribution in [3.8, 4) is 11.5 Å². The maximum atomic E-state index is 11.2. The molecule has 0 aliphatic rings. The minimum absolute atomic E-state index is 0.0659. The average molecular weight is 294 g/mol. The molecule has 0 amide bonds. The summed E-state index contributed by atoms with van der Waals surface area (Å²) in [4.78, 5) is 11.2. The van der Waals surface area contributed by atoms with Crippen LogP contribution in [0.1, 0.15) is 29.8 Å². The smallest absolute Gasteiger partial charge is 0.188 e. The van der Waals surface area contributed by atoms with E-state index in [0.29, 0.717) is 23.5 Å². The van der Waals surface area contributed by atoms with Gasteiger partial charge >= 0.3 is 0 Å². The Labute approximate surface area is 125 Å². The number of carbonyl (C=O) groups is 1. The third kappa shape index (κ3) is 5.21.